The number of rotatable bonds is 21. The van der Waals surface area contributed by atoms with E-state index in [0.717, 1.165) is 4.90 Å². The summed E-state index contributed by atoms with van der Waals surface area (Å²) in [6.45, 7) is 5.11. The Labute approximate surface area is 302 Å². The minimum atomic E-state index is -1.58. The first-order valence-corrected chi connectivity index (χ1v) is 17.3. The van der Waals surface area contributed by atoms with Crippen molar-refractivity contribution in [2.75, 3.05) is 13.1 Å². The lowest BCUT2D eigenvalue weighted by atomic mass is 10.0. The van der Waals surface area contributed by atoms with Crippen molar-refractivity contribution in [1.82, 2.24) is 26.2 Å². The van der Waals surface area contributed by atoms with E-state index in [0.29, 0.717) is 24.9 Å². The summed E-state index contributed by atoms with van der Waals surface area (Å²) in [5.74, 6) is -6.72. The van der Waals surface area contributed by atoms with E-state index in [-0.39, 0.29) is 50.3 Å². The van der Waals surface area contributed by atoms with Gasteiger partial charge < -0.3 is 58.1 Å². The van der Waals surface area contributed by atoms with Crippen LogP contribution in [0.3, 0.4) is 0 Å². The number of aliphatic hydroxyl groups excluding tert-OH is 1. The number of hydrogen-bond donors (Lipinski definition) is 10. The molecule has 0 saturated carbocycles. The maximum Gasteiger partial charge on any atom is 0.326 e. The summed E-state index contributed by atoms with van der Waals surface area (Å²) in [5.41, 5.74) is 12.0. The number of carbonyl (C=O) groups is 7. The van der Waals surface area contributed by atoms with Gasteiger partial charge in [-0.05, 0) is 75.6 Å². The number of carboxylic acids is 2. The summed E-state index contributed by atoms with van der Waals surface area (Å²) < 4.78 is 0. The van der Waals surface area contributed by atoms with Crippen LogP contribution in [-0.4, -0.2) is 122 Å². The Morgan fingerprint density at radius 3 is 2.04 bits per heavy atom. The van der Waals surface area contributed by atoms with Crippen LogP contribution in [0.25, 0.3) is 0 Å². The Hall–Kier alpha value is -4.81. The number of nitrogens with zero attached hydrogens (tertiary/aromatic N) is 1. The maximum atomic E-state index is 13.9. The van der Waals surface area contributed by atoms with Gasteiger partial charge in [0.25, 0.3) is 0 Å². The zero-order valence-corrected chi connectivity index (χ0v) is 29.7. The molecule has 290 valence electrons. The largest absolute Gasteiger partial charge is 0.508 e. The SMILES string of the molecule is CC(C)C[C@H](NC(=O)[C@H](CCC(=O)O)NC(=O)[C@@H]1CCCN1C(=O)[C@@H](NC(=O)[C@H](Cc1ccc(O)cc1)NC(=O)[C@@H](N)CCCN)[C@@H](C)O)C(=O)O. The van der Waals surface area contributed by atoms with E-state index in [2.05, 4.69) is 21.3 Å². The fourth-order valence-electron chi connectivity index (χ4n) is 5.72. The van der Waals surface area contributed by atoms with E-state index in [1.165, 1.54) is 31.2 Å². The molecule has 0 aliphatic carbocycles. The third-order valence-corrected chi connectivity index (χ3v) is 8.55. The van der Waals surface area contributed by atoms with Gasteiger partial charge in [0.1, 0.15) is 36.0 Å². The Kier molecular flexibility index (Phi) is 17.4. The number of carbonyl (C=O) groups excluding carboxylic acids is 5. The number of aromatic hydroxyl groups is 1. The van der Waals surface area contributed by atoms with E-state index in [1.54, 1.807) is 13.8 Å². The number of benzene rings is 1. The molecule has 1 aromatic rings. The van der Waals surface area contributed by atoms with Gasteiger partial charge in [-0.15, -0.1) is 0 Å². The summed E-state index contributed by atoms with van der Waals surface area (Å²) in [6.07, 6.45) is -1.17. The molecule has 2 rings (SSSR count). The fraction of sp³-hybridized carbons (Fsp3) is 0.618. The maximum absolute atomic E-state index is 13.9. The van der Waals surface area contributed by atoms with Gasteiger partial charge in [-0.3, -0.25) is 28.8 Å². The number of phenolic OH excluding ortho intramolecular Hbond substituents is 1. The second kappa shape index (κ2) is 20.9. The number of nitrogens with two attached hydrogens (primary N) is 2. The zero-order chi connectivity index (χ0) is 39.1. The molecule has 0 aromatic heterocycles. The molecule has 0 unspecified atom stereocenters. The van der Waals surface area contributed by atoms with Crippen molar-refractivity contribution in [1.29, 1.82) is 0 Å². The lowest BCUT2D eigenvalue weighted by molar-refractivity contribution is -0.145. The highest BCUT2D eigenvalue weighted by molar-refractivity contribution is 5.97. The van der Waals surface area contributed by atoms with Crippen molar-refractivity contribution < 1.29 is 54.0 Å². The number of carboxylic acid groups (broad SMARTS) is 2. The number of amides is 5. The average Bonchev–Trinajstić information content (AvgIpc) is 3.57. The van der Waals surface area contributed by atoms with E-state index in [1.807, 2.05) is 0 Å². The third kappa shape index (κ3) is 13.7. The van der Waals surface area contributed by atoms with E-state index in [4.69, 9.17) is 11.5 Å². The highest BCUT2D eigenvalue weighted by atomic mass is 16.4. The molecule has 7 atom stereocenters. The molecule has 1 aliphatic rings. The van der Waals surface area contributed by atoms with Gasteiger partial charge in [-0.2, -0.15) is 0 Å². The minimum absolute atomic E-state index is 0.0222. The van der Waals surface area contributed by atoms with Crippen molar-refractivity contribution in [3.63, 3.8) is 0 Å². The molecule has 12 N–H and O–H groups in total. The number of aliphatic hydroxyl groups is 1. The summed E-state index contributed by atoms with van der Waals surface area (Å²) >= 11 is 0. The van der Waals surface area contributed by atoms with Gasteiger partial charge in [-0.1, -0.05) is 26.0 Å². The molecule has 5 amide bonds. The van der Waals surface area contributed by atoms with Crippen LogP contribution in [0.1, 0.15) is 71.3 Å². The van der Waals surface area contributed by atoms with Crippen molar-refractivity contribution in [2.24, 2.45) is 17.4 Å². The van der Waals surface area contributed by atoms with Crippen LogP contribution < -0.4 is 32.7 Å². The smallest absolute Gasteiger partial charge is 0.326 e. The van der Waals surface area contributed by atoms with Crippen LogP contribution in [0.2, 0.25) is 0 Å². The predicted molar refractivity (Wildman–Crippen MR) is 186 cm³/mol. The molecule has 0 bridgehead atoms. The monoisotopic (exact) mass is 735 g/mol. The lowest BCUT2D eigenvalue weighted by Crippen LogP contribution is -2.61. The van der Waals surface area contributed by atoms with Gasteiger partial charge in [0.15, 0.2) is 0 Å². The van der Waals surface area contributed by atoms with Crippen LogP contribution >= 0.6 is 0 Å². The Balaban J connectivity index is 2.28. The molecule has 1 fully saturated rings. The minimum Gasteiger partial charge on any atom is -0.508 e. The summed E-state index contributed by atoms with van der Waals surface area (Å²) in [4.78, 5) is 91.3. The molecule has 18 heteroatoms. The summed E-state index contributed by atoms with van der Waals surface area (Å²) in [7, 11) is 0. The van der Waals surface area contributed by atoms with Crippen LogP contribution in [-0.2, 0) is 40.0 Å². The fourth-order valence-corrected chi connectivity index (χ4v) is 5.72. The third-order valence-electron chi connectivity index (χ3n) is 8.55. The average molecular weight is 736 g/mol. The topological polar surface area (TPSA) is 304 Å². The number of hydrogen-bond acceptors (Lipinski definition) is 11. The molecule has 18 nitrogen and oxygen atoms in total. The molecule has 1 aliphatic heterocycles. The lowest BCUT2D eigenvalue weighted by Gasteiger charge is -2.32. The molecular formula is C34H53N7O11. The van der Waals surface area contributed by atoms with Crippen molar-refractivity contribution in [2.45, 2.75) is 114 Å². The van der Waals surface area contributed by atoms with Crippen LogP contribution in [0.15, 0.2) is 24.3 Å². The first-order valence-electron chi connectivity index (χ1n) is 17.3. The van der Waals surface area contributed by atoms with Crippen molar-refractivity contribution >= 4 is 41.5 Å². The molecular weight excluding hydrogens is 682 g/mol. The number of nitrogens with one attached hydrogen (secondary N) is 4. The Morgan fingerprint density at radius 2 is 1.48 bits per heavy atom. The normalized spacial score (nSPS) is 17.6. The quantitative estimate of drug-likeness (QED) is 0.0675. The van der Waals surface area contributed by atoms with Crippen molar-refractivity contribution in [3.05, 3.63) is 29.8 Å². The zero-order valence-electron chi connectivity index (χ0n) is 29.7. The predicted octanol–water partition coefficient (Wildman–Crippen LogP) is -1.69. The Bertz CT molecular complexity index is 1410. The molecule has 1 heterocycles. The second-order valence-corrected chi connectivity index (χ2v) is 13.4. The standard InChI is InChI=1S/C34H53N7O11/c1-18(2)16-25(34(51)52)39-30(47)23(12-13-27(44)45)37-32(49)26-7-5-15-41(26)33(50)28(19(3)42)40-31(48)24(17-20-8-10-21(43)11-9-20)38-29(46)22(36)6-4-14-35/h8-11,18-19,22-26,28,42-43H,4-7,12-17,35-36H2,1-3H3,(H,37,49)(H,38,46)(H,39,47)(H,40,48)(H,44,45)(H,51,52)/t19-,22+,23+,24+,25+,26+,28+/m1/s1. The van der Waals surface area contributed by atoms with Gasteiger partial charge in [-0.25, -0.2) is 4.79 Å². The highest BCUT2D eigenvalue weighted by Gasteiger charge is 2.41. The van der Waals surface area contributed by atoms with Gasteiger partial charge >= 0.3 is 11.9 Å². The second-order valence-electron chi connectivity index (χ2n) is 13.4. The van der Waals surface area contributed by atoms with Gasteiger partial charge in [0, 0.05) is 19.4 Å². The van der Waals surface area contributed by atoms with Crippen molar-refractivity contribution in [3.8, 4) is 5.75 Å². The molecule has 0 radical (unpaired) electrons. The molecule has 1 saturated heterocycles. The van der Waals surface area contributed by atoms with Gasteiger partial charge in [0.05, 0.1) is 12.1 Å². The first-order chi connectivity index (χ1) is 24.4. The molecule has 52 heavy (non-hydrogen) atoms. The van der Waals surface area contributed by atoms with E-state index >= 15 is 0 Å². The summed E-state index contributed by atoms with van der Waals surface area (Å²) in [5, 5.41) is 49.0. The molecule has 1 aromatic carbocycles. The van der Waals surface area contributed by atoms with Crippen LogP contribution in [0.4, 0.5) is 0 Å². The Morgan fingerprint density at radius 1 is 0.865 bits per heavy atom. The number of likely N-dealkylation sites (tertiary alicyclic amines) is 1. The van der Waals surface area contributed by atoms with E-state index < -0.39 is 90.3 Å². The number of aliphatic carboxylic acids is 2. The number of phenols is 1. The van der Waals surface area contributed by atoms with Crippen LogP contribution in [0.5, 0.6) is 5.75 Å². The van der Waals surface area contributed by atoms with Gasteiger partial charge in [0.2, 0.25) is 29.5 Å². The summed E-state index contributed by atoms with van der Waals surface area (Å²) in [6, 6.07) is -1.88. The van der Waals surface area contributed by atoms with E-state index in [9.17, 15) is 54.0 Å². The first kappa shape index (κ1) is 43.4. The highest BCUT2D eigenvalue weighted by Crippen LogP contribution is 2.21. The van der Waals surface area contributed by atoms with Crippen LogP contribution in [0, 0.1) is 5.92 Å². The molecule has 0 spiro atoms.